The van der Waals surface area contributed by atoms with Gasteiger partial charge >= 0.3 is 56.6 Å². The van der Waals surface area contributed by atoms with Crippen molar-refractivity contribution in [1.29, 1.82) is 0 Å². The first kappa shape index (κ1) is 8.71. The summed E-state index contributed by atoms with van der Waals surface area (Å²) in [6.45, 7) is 0. The Hall–Kier alpha value is -1.29. The van der Waals surface area contributed by atoms with Crippen LogP contribution in [0.15, 0.2) is 0 Å². The summed E-state index contributed by atoms with van der Waals surface area (Å²) in [5.74, 6) is 0. The summed E-state index contributed by atoms with van der Waals surface area (Å²) in [6.07, 6.45) is 0. The van der Waals surface area contributed by atoms with E-state index in [0.29, 0.717) is 0 Å². The number of hydrogen-bond donors (Lipinski definition) is 0. The van der Waals surface area contributed by atoms with Crippen LogP contribution in [0.1, 0.15) is 0 Å². The molecule has 0 aliphatic carbocycles. The van der Waals surface area contributed by atoms with E-state index in [2.05, 4.69) is 0 Å². The molecular weight excluding hydrogens is 197 g/mol. The van der Waals surface area contributed by atoms with E-state index in [1.165, 1.54) is 0 Å². The second-order valence-electron chi connectivity index (χ2n) is 0.789. The Kier molecular flexibility index (Phi) is 2.63. The molecule has 0 fully saturated rings. The van der Waals surface area contributed by atoms with Crippen LogP contribution < -0.4 is 0 Å². The van der Waals surface area contributed by atoms with Gasteiger partial charge in [-0.15, -0.1) is 0 Å². The Labute approximate surface area is 57.5 Å². The molecule has 0 saturated carbocycles. The standard InChI is InChI=1S/Co.3NO2/c;3*2-1-3. The fraction of sp³-hybridized carbons (Fsp3) is 0. The maximum absolute atomic E-state index is 9.53. The molecule has 0 N–H and O–H groups in total. The van der Waals surface area contributed by atoms with E-state index in [1.54, 1.807) is 0 Å². The number of nitro groups is 3. The molecule has 0 aliphatic heterocycles. The van der Waals surface area contributed by atoms with Crippen LogP contribution >= 0.6 is 0 Å². The van der Waals surface area contributed by atoms with E-state index < -0.39 is 26.2 Å². The quantitative estimate of drug-likeness (QED) is 0.429. The number of hydrogen-bond acceptors (Lipinski definition) is 6. The molecule has 0 amide bonds. The van der Waals surface area contributed by atoms with Crippen LogP contribution in [0.25, 0.3) is 0 Å². The van der Waals surface area contributed by atoms with Gasteiger partial charge in [0, 0.05) is 0 Å². The first-order valence-corrected chi connectivity index (χ1v) is 2.94. The molecule has 0 spiro atoms. The topological polar surface area (TPSA) is 129 Å². The summed E-state index contributed by atoms with van der Waals surface area (Å²) < 4.78 is -4.56. The molecule has 0 rings (SSSR count). The summed E-state index contributed by atoms with van der Waals surface area (Å²) in [7, 11) is 0. The van der Waals surface area contributed by atoms with E-state index in [0.717, 1.165) is 0 Å². The normalized spacial score (nSPS) is 10.2. The molecule has 60 valence electrons. The molecule has 0 heterocycles. The SMILES string of the molecule is O=[N+]([O-])[Co]([N+](=O)[O-])[N+](=O)[O-]. The summed E-state index contributed by atoms with van der Waals surface area (Å²) >= 11 is -3.55. The second-order valence-corrected chi connectivity index (χ2v) is 2.55. The maximum atomic E-state index is 9.53. The van der Waals surface area contributed by atoms with Crippen molar-refractivity contribution in [2.75, 3.05) is 0 Å². The molecule has 10 heteroatoms. The fourth-order valence-electron chi connectivity index (χ4n) is 0.133. The zero-order valence-corrected chi connectivity index (χ0v) is 5.17. The first-order valence-electron chi connectivity index (χ1n) is 1.54. The van der Waals surface area contributed by atoms with Crippen molar-refractivity contribution in [2.24, 2.45) is 0 Å². The number of nitrogens with zero attached hydrogens (tertiary/aromatic N) is 3. The third-order valence-corrected chi connectivity index (χ3v) is 1.35. The van der Waals surface area contributed by atoms with Crippen LogP contribution in [-0.4, -0.2) is 11.9 Å². The molecule has 10 heavy (non-hydrogen) atoms. The predicted octanol–water partition coefficient (Wildman–Crippen LogP) is -0.820. The summed E-state index contributed by atoms with van der Waals surface area (Å²) in [5, 5.41) is 28.6. The molecular formula is CoN3O6. The number of rotatable bonds is 3. The van der Waals surface area contributed by atoms with Crippen LogP contribution in [-0.2, 0) is 14.3 Å². The Morgan fingerprint density at radius 1 is 0.800 bits per heavy atom. The zero-order chi connectivity index (χ0) is 8.31. The van der Waals surface area contributed by atoms with Crippen LogP contribution in [0.3, 0.4) is 0 Å². The molecule has 0 saturated heterocycles. The third-order valence-electron chi connectivity index (χ3n) is 0.327. The molecule has 0 atom stereocenters. The van der Waals surface area contributed by atoms with Gasteiger partial charge in [-0.05, 0) is 0 Å². The van der Waals surface area contributed by atoms with Crippen molar-refractivity contribution in [2.45, 2.75) is 0 Å². The Balaban J connectivity index is 4.43. The van der Waals surface area contributed by atoms with E-state index in [4.69, 9.17) is 0 Å². The Morgan fingerprint density at radius 3 is 1.00 bits per heavy atom. The van der Waals surface area contributed by atoms with Crippen LogP contribution in [0.5, 0.6) is 0 Å². The molecule has 0 aromatic carbocycles. The van der Waals surface area contributed by atoms with Crippen molar-refractivity contribution in [3.63, 3.8) is 0 Å². The van der Waals surface area contributed by atoms with Crippen molar-refractivity contribution >= 4 is 0 Å². The minimum absolute atomic E-state index is 1.52. The van der Waals surface area contributed by atoms with Crippen LogP contribution in [0.4, 0.5) is 0 Å². The second kappa shape index (κ2) is 3.02. The molecule has 0 aromatic rings. The molecule has 0 unspecified atom stereocenters. The van der Waals surface area contributed by atoms with Gasteiger partial charge < -0.3 is 0 Å². The third kappa shape index (κ3) is 1.91. The van der Waals surface area contributed by atoms with Crippen molar-refractivity contribution in [3.8, 4) is 0 Å². The summed E-state index contributed by atoms with van der Waals surface area (Å²) in [4.78, 5) is 28.6. The van der Waals surface area contributed by atoms with Gasteiger partial charge in [-0.1, -0.05) is 0 Å². The van der Waals surface area contributed by atoms with Crippen molar-refractivity contribution in [3.05, 3.63) is 30.3 Å². The molecule has 9 nitrogen and oxygen atoms in total. The monoisotopic (exact) mass is 197 g/mol. The van der Waals surface area contributed by atoms with Gasteiger partial charge in [-0.2, -0.15) is 0 Å². The summed E-state index contributed by atoms with van der Waals surface area (Å²) in [5.41, 5.74) is 0. The Morgan fingerprint density at radius 2 is 1.00 bits per heavy atom. The van der Waals surface area contributed by atoms with Gasteiger partial charge in [0.25, 0.3) is 0 Å². The minimum atomic E-state index is -3.55. The molecule has 0 aromatic heterocycles. The Bertz CT molecular complexity index is 152. The van der Waals surface area contributed by atoms with E-state index in [-0.39, 0.29) is 0 Å². The molecule has 0 bridgehead atoms. The predicted molar refractivity (Wildman–Crippen MR) is 21.0 cm³/mol. The van der Waals surface area contributed by atoms with Gasteiger partial charge in [0.15, 0.2) is 0 Å². The van der Waals surface area contributed by atoms with Gasteiger partial charge in [0.05, 0.1) is 0 Å². The molecule has 0 aliphatic rings. The van der Waals surface area contributed by atoms with Crippen LogP contribution in [0, 0.1) is 30.3 Å². The van der Waals surface area contributed by atoms with Gasteiger partial charge in [-0.25, -0.2) is 0 Å². The zero-order valence-electron chi connectivity index (χ0n) is 4.12. The van der Waals surface area contributed by atoms with E-state index in [1.807, 2.05) is 0 Å². The van der Waals surface area contributed by atoms with E-state index >= 15 is 0 Å². The molecule has 0 radical (unpaired) electrons. The average Bonchev–Trinajstić information content (AvgIpc) is 1.59. The van der Waals surface area contributed by atoms with Crippen molar-refractivity contribution < 1.29 is 26.2 Å². The van der Waals surface area contributed by atoms with Gasteiger partial charge in [0.1, 0.15) is 0 Å². The van der Waals surface area contributed by atoms with Gasteiger partial charge in [0.2, 0.25) is 0 Å². The van der Waals surface area contributed by atoms with Crippen LogP contribution in [0.2, 0.25) is 0 Å². The fourth-order valence-corrected chi connectivity index (χ4v) is 0.550. The van der Waals surface area contributed by atoms with Crippen molar-refractivity contribution in [1.82, 2.24) is 0 Å². The first-order chi connectivity index (χ1) is 4.46. The summed E-state index contributed by atoms with van der Waals surface area (Å²) in [6, 6.07) is 0. The average molecular weight is 197 g/mol. The van der Waals surface area contributed by atoms with Gasteiger partial charge in [-0.3, -0.25) is 0 Å². The van der Waals surface area contributed by atoms with E-state index in [9.17, 15) is 30.3 Å².